The van der Waals surface area contributed by atoms with E-state index in [-0.39, 0.29) is 24.0 Å². The highest BCUT2D eigenvalue weighted by Crippen LogP contribution is 2.18. The first-order chi connectivity index (χ1) is 13.4. The zero-order chi connectivity index (χ0) is 21.1. The molecule has 29 heavy (non-hydrogen) atoms. The van der Waals surface area contributed by atoms with E-state index in [4.69, 9.17) is 0 Å². The molecule has 0 aromatic rings. The molecule has 0 saturated heterocycles. The van der Waals surface area contributed by atoms with Crippen LogP contribution in [0.2, 0.25) is 25.7 Å². The fraction of sp³-hybridized carbons (Fsp3) is 1.00. The smallest absolute Gasteiger partial charge is 0.0786 e. The quantitative estimate of drug-likeness (QED) is 0.0720. The molecule has 0 radical (unpaired) electrons. The molecule has 0 heterocycles. The highest BCUT2D eigenvalue weighted by atomic mass is 127. The van der Waals surface area contributed by atoms with Crippen LogP contribution in [0, 0.1) is 0 Å². The van der Waals surface area contributed by atoms with Crippen molar-refractivity contribution in [3.05, 3.63) is 0 Å². The van der Waals surface area contributed by atoms with Crippen LogP contribution in [0.25, 0.3) is 0 Å². The Morgan fingerprint density at radius 3 is 1.17 bits per heavy atom. The Labute approximate surface area is 204 Å². The molecule has 0 amide bonds. The Morgan fingerprint density at radius 2 is 0.828 bits per heavy atom. The summed E-state index contributed by atoms with van der Waals surface area (Å²) in [4.78, 5) is 0. The number of rotatable bonds is 21. The Hall–Kier alpha value is 0.907. The van der Waals surface area contributed by atoms with Gasteiger partial charge in [-0.3, -0.25) is 0 Å². The molecular formula is C26H58INSi. The van der Waals surface area contributed by atoms with E-state index in [0.29, 0.717) is 0 Å². The second kappa shape index (κ2) is 20.8. The summed E-state index contributed by atoms with van der Waals surface area (Å²) in [5, 5.41) is 0. The SMILES string of the molecule is CCCCCCCCCCCCCCCC[N+](CC)(CC)CCC[Si](C)(C)C.[I-]. The van der Waals surface area contributed by atoms with E-state index >= 15 is 0 Å². The molecular weight excluding hydrogens is 481 g/mol. The maximum atomic E-state index is 2.52. The van der Waals surface area contributed by atoms with E-state index in [1.165, 1.54) is 133 Å². The van der Waals surface area contributed by atoms with Crippen LogP contribution in [-0.4, -0.2) is 38.7 Å². The van der Waals surface area contributed by atoms with Gasteiger partial charge in [0.2, 0.25) is 0 Å². The van der Waals surface area contributed by atoms with Crippen LogP contribution in [0.5, 0.6) is 0 Å². The second-order valence-corrected chi connectivity index (χ2v) is 16.3. The Morgan fingerprint density at radius 1 is 0.483 bits per heavy atom. The van der Waals surface area contributed by atoms with Gasteiger partial charge < -0.3 is 28.5 Å². The van der Waals surface area contributed by atoms with Crippen LogP contribution in [0.4, 0.5) is 0 Å². The fourth-order valence-corrected chi connectivity index (χ4v) is 5.77. The van der Waals surface area contributed by atoms with E-state index in [0.717, 1.165) is 0 Å². The van der Waals surface area contributed by atoms with Crippen molar-refractivity contribution in [2.24, 2.45) is 0 Å². The highest BCUT2D eigenvalue weighted by Gasteiger charge is 2.23. The molecule has 0 bridgehead atoms. The van der Waals surface area contributed by atoms with Crippen molar-refractivity contribution in [2.75, 3.05) is 26.2 Å². The number of hydrogen-bond acceptors (Lipinski definition) is 0. The van der Waals surface area contributed by atoms with Crippen LogP contribution in [0.3, 0.4) is 0 Å². The average Bonchev–Trinajstić information content (AvgIpc) is 2.66. The third kappa shape index (κ3) is 20.6. The zero-order valence-corrected chi connectivity index (χ0v) is 24.6. The first kappa shape index (κ1) is 32.1. The van der Waals surface area contributed by atoms with Crippen LogP contribution < -0.4 is 24.0 Å². The lowest BCUT2D eigenvalue weighted by atomic mass is 10.0. The van der Waals surface area contributed by atoms with Gasteiger partial charge in [0.05, 0.1) is 26.2 Å². The molecule has 0 aliphatic carbocycles. The molecule has 3 heteroatoms. The summed E-state index contributed by atoms with van der Waals surface area (Å²) in [6, 6.07) is 1.51. The van der Waals surface area contributed by atoms with Gasteiger partial charge in [-0.05, 0) is 33.1 Å². The van der Waals surface area contributed by atoms with Gasteiger partial charge in [-0.15, -0.1) is 0 Å². The predicted octanol–water partition coefficient (Wildman–Crippen LogP) is 6.06. The first-order valence-electron chi connectivity index (χ1n) is 13.2. The molecule has 0 aromatic heterocycles. The summed E-state index contributed by atoms with van der Waals surface area (Å²) in [7, 11) is -0.866. The van der Waals surface area contributed by atoms with Gasteiger partial charge in [-0.25, -0.2) is 0 Å². The van der Waals surface area contributed by atoms with Gasteiger partial charge in [0.1, 0.15) is 0 Å². The van der Waals surface area contributed by atoms with Crippen molar-refractivity contribution in [1.29, 1.82) is 0 Å². The minimum atomic E-state index is -0.866. The van der Waals surface area contributed by atoms with Crippen molar-refractivity contribution in [3.8, 4) is 0 Å². The van der Waals surface area contributed by atoms with Gasteiger partial charge in [0, 0.05) is 8.07 Å². The van der Waals surface area contributed by atoms with Crippen molar-refractivity contribution >= 4 is 8.07 Å². The number of halogens is 1. The van der Waals surface area contributed by atoms with E-state index in [2.05, 4.69) is 40.4 Å². The average molecular weight is 540 g/mol. The molecule has 0 rings (SSSR count). The van der Waals surface area contributed by atoms with Gasteiger partial charge in [-0.1, -0.05) is 110 Å². The standard InChI is InChI=1S/C26H58NSi.HI/c1-7-10-11-12-13-14-15-16-17-18-19-20-21-22-24-27(8-2,9-3)25-23-26-28(4,5)6;/h7-26H2,1-6H3;1H/q+1;/p-1. The minimum absolute atomic E-state index is 0. The summed E-state index contributed by atoms with van der Waals surface area (Å²) < 4.78 is 1.38. The van der Waals surface area contributed by atoms with Crippen LogP contribution in [0.1, 0.15) is 117 Å². The molecule has 0 aromatic carbocycles. The highest BCUT2D eigenvalue weighted by molar-refractivity contribution is 6.76. The summed E-state index contributed by atoms with van der Waals surface area (Å²) >= 11 is 0. The topological polar surface area (TPSA) is 0 Å². The molecule has 1 nitrogen and oxygen atoms in total. The van der Waals surface area contributed by atoms with Crippen molar-refractivity contribution in [2.45, 2.75) is 143 Å². The number of hydrogen-bond donors (Lipinski definition) is 0. The van der Waals surface area contributed by atoms with Crippen LogP contribution >= 0.6 is 0 Å². The van der Waals surface area contributed by atoms with Crippen molar-refractivity contribution < 1.29 is 28.5 Å². The lowest BCUT2D eigenvalue weighted by Crippen LogP contribution is -3.00. The monoisotopic (exact) mass is 539 g/mol. The predicted molar refractivity (Wildman–Crippen MR) is 134 cm³/mol. The second-order valence-electron chi connectivity index (χ2n) is 10.7. The molecule has 0 spiro atoms. The van der Waals surface area contributed by atoms with E-state index in [1.54, 1.807) is 0 Å². The van der Waals surface area contributed by atoms with Crippen molar-refractivity contribution in [1.82, 2.24) is 0 Å². The molecule has 0 unspecified atom stereocenters. The Kier molecular flexibility index (Phi) is 23.0. The summed E-state index contributed by atoms with van der Waals surface area (Å²) in [5.41, 5.74) is 0. The van der Waals surface area contributed by atoms with E-state index < -0.39 is 8.07 Å². The van der Waals surface area contributed by atoms with Gasteiger partial charge in [0.15, 0.2) is 0 Å². The molecule has 0 N–H and O–H groups in total. The molecule has 178 valence electrons. The van der Waals surface area contributed by atoms with Crippen LogP contribution in [-0.2, 0) is 0 Å². The molecule has 0 fully saturated rings. The van der Waals surface area contributed by atoms with E-state index in [9.17, 15) is 0 Å². The summed E-state index contributed by atoms with van der Waals surface area (Å²) in [6.07, 6.45) is 22.0. The molecule has 0 aliphatic heterocycles. The minimum Gasteiger partial charge on any atom is -1.00 e. The van der Waals surface area contributed by atoms with Gasteiger partial charge in [0.25, 0.3) is 0 Å². The number of quaternary nitrogens is 1. The van der Waals surface area contributed by atoms with Gasteiger partial charge in [-0.2, -0.15) is 0 Å². The third-order valence-corrected chi connectivity index (χ3v) is 8.74. The van der Waals surface area contributed by atoms with Gasteiger partial charge >= 0.3 is 0 Å². The largest absolute Gasteiger partial charge is 1.00 e. The normalized spacial score (nSPS) is 12.2. The maximum absolute atomic E-state index is 2.52. The summed E-state index contributed by atoms with van der Waals surface area (Å²) in [6.45, 7) is 20.2. The molecule has 0 aliphatic rings. The Bertz CT molecular complexity index is 323. The lowest BCUT2D eigenvalue weighted by Gasteiger charge is -2.37. The van der Waals surface area contributed by atoms with Crippen LogP contribution in [0.15, 0.2) is 0 Å². The number of unbranched alkanes of at least 4 members (excludes halogenated alkanes) is 13. The van der Waals surface area contributed by atoms with Crippen molar-refractivity contribution in [3.63, 3.8) is 0 Å². The zero-order valence-electron chi connectivity index (χ0n) is 21.5. The third-order valence-electron chi connectivity index (χ3n) is 6.89. The molecule has 0 saturated carbocycles. The molecule has 0 atom stereocenters. The summed E-state index contributed by atoms with van der Waals surface area (Å²) in [5.74, 6) is 0. The lowest BCUT2D eigenvalue weighted by molar-refractivity contribution is -0.925. The maximum Gasteiger partial charge on any atom is 0.0786 e. The van der Waals surface area contributed by atoms with E-state index in [1.807, 2.05) is 0 Å². The fourth-order valence-electron chi connectivity index (χ4n) is 4.55. The number of nitrogens with zero attached hydrogens (tertiary/aromatic N) is 1. The Balaban J connectivity index is 0. The first-order valence-corrected chi connectivity index (χ1v) is 16.9.